The van der Waals surface area contributed by atoms with Gasteiger partial charge < -0.3 is 10.1 Å². The van der Waals surface area contributed by atoms with Gasteiger partial charge >= 0.3 is 0 Å². The van der Waals surface area contributed by atoms with Crippen LogP contribution in [0.15, 0.2) is 12.3 Å². The molecule has 112 valence electrons. The van der Waals surface area contributed by atoms with Crippen LogP contribution in [-0.4, -0.2) is 41.9 Å². The number of likely N-dealkylation sites (N-methyl/N-ethyl adjacent to an activating group) is 1. The molecule has 2 heterocycles. The lowest BCUT2D eigenvalue weighted by atomic mass is 9.95. The number of nitrogens with zero attached hydrogens (tertiary/aromatic N) is 2. The molecule has 1 aliphatic rings. The maximum atomic E-state index is 12.3. The summed E-state index contributed by atoms with van der Waals surface area (Å²) in [4.78, 5) is 12.3. The van der Waals surface area contributed by atoms with E-state index in [9.17, 15) is 4.79 Å². The van der Waals surface area contributed by atoms with E-state index in [0.29, 0.717) is 25.7 Å². The standard InChI is InChI=1S/C15H25N3O2/c1-4-12(5-2)18-7-6-11(17-18)8-15(19)13-9-20-10-14(13)16-3/h6-7,12-14,16H,4-5,8-10H2,1-3H3. The van der Waals surface area contributed by atoms with E-state index in [1.807, 2.05) is 24.0 Å². The molecule has 0 radical (unpaired) electrons. The molecule has 2 rings (SSSR count). The van der Waals surface area contributed by atoms with Crippen LogP contribution < -0.4 is 5.32 Å². The number of carbonyl (C=O) groups excluding carboxylic acids is 1. The zero-order chi connectivity index (χ0) is 14.5. The van der Waals surface area contributed by atoms with Gasteiger partial charge in [0.2, 0.25) is 0 Å². The summed E-state index contributed by atoms with van der Waals surface area (Å²) in [5, 5.41) is 7.70. The van der Waals surface area contributed by atoms with Gasteiger partial charge in [-0.15, -0.1) is 0 Å². The Hall–Kier alpha value is -1.20. The molecule has 1 fully saturated rings. The molecule has 1 aliphatic heterocycles. The summed E-state index contributed by atoms with van der Waals surface area (Å²) in [5.74, 6) is 0.176. The molecular weight excluding hydrogens is 254 g/mol. The Bertz CT molecular complexity index is 440. The molecular formula is C15H25N3O2. The van der Waals surface area contributed by atoms with Crippen LogP contribution in [0.4, 0.5) is 0 Å². The second-order valence-electron chi connectivity index (χ2n) is 5.44. The van der Waals surface area contributed by atoms with Gasteiger partial charge in [-0.3, -0.25) is 9.48 Å². The van der Waals surface area contributed by atoms with E-state index >= 15 is 0 Å². The molecule has 2 unspecified atom stereocenters. The molecule has 1 saturated heterocycles. The van der Waals surface area contributed by atoms with Gasteiger partial charge in [0, 0.05) is 12.2 Å². The van der Waals surface area contributed by atoms with Gasteiger partial charge in [0.05, 0.1) is 37.3 Å². The van der Waals surface area contributed by atoms with Crippen LogP contribution in [0.3, 0.4) is 0 Å². The fourth-order valence-corrected chi connectivity index (χ4v) is 2.80. The van der Waals surface area contributed by atoms with Gasteiger partial charge in [0.25, 0.3) is 0 Å². The Labute approximate surface area is 120 Å². The average molecular weight is 279 g/mol. The maximum Gasteiger partial charge on any atom is 0.145 e. The van der Waals surface area contributed by atoms with Crippen LogP contribution in [0.25, 0.3) is 0 Å². The molecule has 1 aromatic heterocycles. The Kier molecular flexibility index (Phi) is 5.31. The fourth-order valence-electron chi connectivity index (χ4n) is 2.80. The van der Waals surface area contributed by atoms with Crippen molar-refractivity contribution in [2.45, 2.75) is 45.2 Å². The largest absolute Gasteiger partial charge is 0.379 e. The molecule has 2 atom stereocenters. The number of nitrogens with one attached hydrogen (secondary N) is 1. The third-order valence-electron chi connectivity index (χ3n) is 4.20. The van der Waals surface area contributed by atoms with Gasteiger partial charge in [0.15, 0.2) is 0 Å². The number of aromatic nitrogens is 2. The molecule has 20 heavy (non-hydrogen) atoms. The molecule has 0 spiro atoms. The topological polar surface area (TPSA) is 56.1 Å². The molecule has 0 aliphatic carbocycles. The van der Waals surface area contributed by atoms with Crippen LogP contribution >= 0.6 is 0 Å². The van der Waals surface area contributed by atoms with Crippen molar-refractivity contribution in [3.8, 4) is 0 Å². The summed E-state index contributed by atoms with van der Waals surface area (Å²) in [5.41, 5.74) is 0.864. The molecule has 0 aromatic carbocycles. The van der Waals surface area contributed by atoms with Crippen LogP contribution in [0.2, 0.25) is 0 Å². The van der Waals surface area contributed by atoms with Gasteiger partial charge in [-0.2, -0.15) is 5.10 Å². The predicted octanol–water partition coefficient (Wildman–Crippen LogP) is 1.59. The fraction of sp³-hybridized carbons (Fsp3) is 0.733. The van der Waals surface area contributed by atoms with Crippen molar-refractivity contribution in [2.75, 3.05) is 20.3 Å². The van der Waals surface area contributed by atoms with Gasteiger partial charge in [-0.1, -0.05) is 13.8 Å². The summed E-state index contributed by atoms with van der Waals surface area (Å²) in [6.07, 6.45) is 4.51. The molecule has 0 saturated carbocycles. The molecule has 0 amide bonds. The zero-order valence-electron chi connectivity index (χ0n) is 12.6. The number of ketones is 1. The van der Waals surface area contributed by atoms with Crippen molar-refractivity contribution in [3.63, 3.8) is 0 Å². The van der Waals surface area contributed by atoms with Gasteiger partial charge in [0.1, 0.15) is 5.78 Å². The van der Waals surface area contributed by atoms with Crippen LogP contribution in [0.1, 0.15) is 38.4 Å². The minimum absolute atomic E-state index is 0.0432. The Balaban J connectivity index is 1.98. The van der Waals surface area contributed by atoms with E-state index in [0.717, 1.165) is 18.5 Å². The summed E-state index contributed by atoms with van der Waals surface area (Å²) in [6.45, 7) is 5.47. The first-order valence-corrected chi connectivity index (χ1v) is 7.51. The summed E-state index contributed by atoms with van der Waals surface area (Å²) in [7, 11) is 1.88. The van der Waals surface area contributed by atoms with E-state index in [1.165, 1.54) is 0 Å². The summed E-state index contributed by atoms with van der Waals surface area (Å²) < 4.78 is 7.38. The smallest absolute Gasteiger partial charge is 0.145 e. The maximum absolute atomic E-state index is 12.3. The average Bonchev–Trinajstić information content (AvgIpc) is 3.09. The van der Waals surface area contributed by atoms with E-state index in [-0.39, 0.29) is 17.7 Å². The lowest BCUT2D eigenvalue weighted by Gasteiger charge is -2.15. The molecule has 1 N–H and O–H groups in total. The predicted molar refractivity (Wildman–Crippen MR) is 77.7 cm³/mol. The Morgan fingerprint density at radius 2 is 2.25 bits per heavy atom. The monoisotopic (exact) mass is 279 g/mol. The van der Waals surface area contributed by atoms with Crippen molar-refractivity contribution in [1.29, 1.82) is 0 Å². The van der Waals surface area contributed by atoms with Crippen molar-refractivity contribution >= 4 is 5.78 Å². The lowest BCUT2D eigenvalue weighted by Crippen LogP contribution is -2.37. The highest BCUT2D eigenvalue weighted by Crippen LogP contribution is 2.18. The lowest BCUT2D eigenvalue weighted by molar-refractivity contribution is -0.122. The van der Waals surface area contributed by atoms with Crippen molar-refractivity contribution in [1.82, 2.24) is 15.1 Å². The van der Waals surface area contributed by atoms with Gasteiger partial charge in [-0.05, 0) is 26.0 Å². The number of carbonyl (C=O) groups is 1. The number of ether oxygens (including phenoxy) is 1. The number of hydrogen-bond donors (Lipinski definition) is 1. The van der Waals surface area contributed by atoms with Crippen LogP contribution in [-0.2, 0) is 16.0 Å². The van der Waals surface area contributed by atoms with E-state index in [2.05, 4.69) is 24.3 Å². The Morgan fingerprint density at radius 1 is 1.50 bits per heavy atom. The van der Waals surface area contributed by atoms with Crippen molar-refractivity contribution < 1.29 is 9.53 Å². The highest BCUT2D eigenvalue weighted by molar-refractivity contribution is 5.84. The summed E-state index contributed by atoms with van der Waals surface area (Å²) in [6, 6.07) is 2.53. The zero-order valence-corrected chi connectivity index (χ0v) is 12.6. The molecule has 0 bridgehead atoms. The highest BCUT2D eigenvalue weighted by atomic mass is 16.5. The SMILES string of the molecule is CCC(CC)n1ccc(CC(=O)C2COCC2NC)n1. The number of rotatable bonds is 7. The first-order chi connectivity index (χ1) is 9.69. The minimum atomic E-state index is -0.0432. The minimum Gasteiger partial charge on any atom is -0.379 e. The van der Waals surface area contributed by atoms with E-state index in [1.54, 1.807) is 0 Å². The molecule has 1 aromatic rings. The van der Waals surface area contributed by atoms with Crippen LogP contribution in [0, 0.1) is 5.92 Å². The Morgan fingerprint density at radius 3 is 2.90 bits per heavy atom. The van der Waals surface area contributed by atoms with Crippen molar-refractivity contribution in [2.24, 2.45) is 5.92 Å². The quantitative estimate of drug-likeness (QED) is 0.823. The molecule has 5 nitrogen and oxygen atoms in total. The van der Waals surface area contributed by atoms with Crippen molar-refractivity contribution in [3.05, 3.63) is 18.0 Å². The van der Waals surface area contributed by atoms with E-state index < -0.39 is 0 Å². The normalized spacial score (nSPS) is 22.6. The highest BCUT2D eigenvalue weighted by Gasteiger charge is 2.32. The third-order valence-corrected chi connectivity index (χ3v) is 4.20. The third kappa shape index (κ3) is 3.27. The second-order valence-corrected chi connectivity index (χ2v) is 5.44. The van der Waals surface area contributed by atoms with Gasteiger partial charge in [-0.25, -0.2) is 0 Å². The first kappa shape index (κ1) is 15.2. The molecule has 5 heteroatoms. The summed E-state index contributed by atoms with van der Waals surface area (Å²) >= 11 is 0. The van der Waals surface area contributed by atoms with Crippen LogP contribution in [0.5, 0.6) is 0 Å². The van der Waals surface area contributed by atoms with E-state index in [4.69, 9.17) is 4.74 Å². The number of hydrogen-bond acceptors (Lipinski definition) is 4. The second kappa shape index (κ2) is 6.99. The number of Topliss-reactive ketones (excluding diaryl/α,β-unsaturated/α-hetero) is 1. The first-order valence-electron chi connectivity index (χ1n) is 7.51.